The maximum absolute atomic E-state index is 6.07. The average Bonchev–Trinajstić information content (AvgIpc) is 2.91. The Morgan fingerprint density at radius 1 is 1.43 bits per heavy atom. The number of hydrogen-bond donors (Lipinski definition) is 1. The van der Waals surface area contributed by atoms with Crippen LogP contribution in [0, 0.1) is 5.92 Å². The quantitative estimate of drug-likeness (QED) is 0.940. The van der Waals surface area contributed by atoms with Crippen molar-refractivity contribution in [2.24, 2.45) is 5.92 Å². The molecule has 112 valence electrons. The summed E-state index contributed by atoms with van der Waals surface area (Å²) >= 11 is 1.46. The van der Waals surface area contributed by atoms with E-state index in [0.29, 0.717) is 11.7 Å². The van der Waals surface area contributed by atoms with Crippen molar-refractivity contribution in [3.63, 3.8) is 0 Å². The van der Waals surface area contributed by atoms with Crippen LogP contribution in [0.2, 0.25) is 0 Å². The van der Waals surface area contributed by atoms with Crippen LogP contribution in [0.1, 0.15) is 12.8 Å². The predicted octanol–water partition coefficient (Wildman–Crippen LogP) is 2.65. The van der Waals surface area contributed by atoms with Crippen molar-refractivity contribution in [2.75, 3.05) is 37.4 Å². The number of hydrogen-bond acceptors (Lipinski definition) is 6. The molecule has 1 aliphatic heterocycles. The molecule has 5 nitrogen and oxygen atoms in total. The van der Waals surface area contributed by atoms with Crippen LogP contribution in [0.4, 0.5) is 10.8 Å². The van der Waals surface area contributed by atoms with Crippen LogP contribution in [-0.4, -0.2) is 36.2 Å². The Morgan fingerprint density at radius 3 is 2.95 bits per heavy atom. The molecule has 0 radical (unpaired) electrons. The van der Waals surface area contributed by atoms with Crippen molar-refractivity contribution in [3.8, 4) is 11.1 Å². The van der Waals surface area contributed by atoms with Gasteiger partial charge in [-0.1, -0.05) is 0 Å². The maximum atomic E-state index is 6.07. The highest BCUT2D eigenvalue weighted by atomic mass is 32.1. The number of nitrogens with zero attached hydrogens (tertiary/aromatic N) is 3. The molecule has 0 bridgehead atoms. The van der Waals surface area contributed by atoms with Gasteiger partial charge in [-0.2, -0.15) is 4.37 Å². The van der Waals surface area contributed by atoms with Gasteiger partial charge in [0.1, 0.15) is 10.8 Å². The van der Waals surface area contributed by atoms with E-state index in [4.69, 9.17) is 10.5 Å². The largest absolute Gasteiger partial charge is 0.382 e. The number of rotatable bonds is 4. The van der Waals surface area contributed by atoms with E-state index in [1.54, 1.807) is 12.4 Å². The van der Waals surface area contributed by atoms with Gasteiger partial charge in [-0.25, -0.2) is 0 Å². The first kappa shape index (κ1) is 14.3. The number of nitrogen functional groups attached to an aromatic ring is 1. The molecule has 1 saturated heterocycles. The Morgan fingerprint density at radius 2 is 2.24 bits per heavy atom. The lowest BCUT2D eigenvalue weighted by molar-refractivity contribution is 0.0577. The summed E-state index contributed by atoms with van der Waals surface area (Å²) in [6.45, 7) is 2.72. The minimum Gasteiger partial charge on any atom is -0.382 e. The average molecular weight is 304 g/mol. The van der Waals surface area contributed by atoms with Crippen LogP contribution in [0.3, 0.4) is 0 Å². The van der Waals surface area contributed by atoms with Gasteiger partial charge in [-0.05, 0) is 48.0 Å². The molecule has 1 aliphatic rings. The number of pyridine rings is 1. The predicted molar refractivity (Wildman–Crippen MR) is 86.6 cm³/mol. The second kappa shape index (κ2) is 6.41. The Balaban J connectivity index is 1.82. The van der Waals surface area contributed by atoms with Crippen molar-refractivity contribution in [2.45, 2.75) is 12.8 Å². The number of ether oxygens (including phenoxy) is 1. The zero-order valence-electron chi connectivity index (χ0n) is 12.2. The van der Waals surface area contributed by atoms with Gasteiger partial charge in [0.25, 0.3) is 0 Å². The number of anilines is 2. The second-order valence-corrected chi connectivity index (χ2v) is 6.20. The second-order valence-electron chi connectivity index (χ2n) is 5.45. The molecule has 0 aliphatic carbocycles. The molecule has 6 heteroatoms. The van der Waals surface area contributed by atoms with Gasteiger partial charge in [-0.15, -0.1) is 0 Å². The van der Waals surface area contributed by atoms with Crippen LogP contribution in [0.15, 0.2) is 24.5 Å². The van der Waals surface area contributed by atoms with Gasteiger partial charge in [0.05, 0.1) is 12.2 Å². The molecule has 3 heterocycles. The Kier molecular flexibility index (Phi) is 4.36. The van der Waals surface area contributed by atoms with Crippen LogP contribution in [-0.2, 0) is 4.74 Å². The number of nitrogens with two attached hydrogens (primary N) is 1. The fourth-order valence-corrected chi connectivity index (χ4v) is 3.57. The highest BCUT2D eigenvalue weighted by Crippen LogP contribution is 2.39. The first-order valence-corrected chi connectivity index (χ1v) is 7.97. The lowest BCUT2D eigenvalue weighted by atomic mass is 10.0. The van der Waals surface area contributed by atoms with Crippen molar-refractivity contribution in [3.05, 3.63) is 24.5 Å². The summed E-state index contributed by atoms with van der Waals surface area (Å²) < 4.78 is 9.90. The van der Waals surface area contributed by atoms with E-state index in [2.05, 4.69) is 21.3 Å². The molecule has 0 saturated carbocycles. The summed E-state index contributed by atoms with van der Waals surface area (Å²) in [6.07, 6.45) is 5.94. The topological polar surface area (TPSA) is 64.3 Å². The van der Waals surface area contributed by atoms with E-state index in [9.17, 15) is 0 Å². The minimum absolute atomic E-state index is 0.581. The normalized spacial score (nSPS) is 18.6. The van der Waals surface area contributed by atoms with E-state index in [-0.39, 0.29) is 0 Å². The van der Waals surface area contributed by atoms with Gasteiger partial charge in [0.2, 0.25) is 0 Å². The van der Waals surface area contributed by atoms with E-state index >= 15 is 0 Å². The van der Waals surface area contributed by atoms with Crippen molar-refractivity contribution in [1.29, 1.82) is 0 Å². The first-order chi connectivity index (χ1) is 10.3. The van der Waals surface area contributed by atoms with Gasteiger partial charge < -0.3 is 15.4 Å². The van der Waals surface area contributed by atoms with Crippen LogP contribution >= 0.6 is 11.5 Å². The zero-order valence-corrected chi connectivity index (χ0v) is 13.0. The zero-order chi connectivity index (χ0) is 14.7. The molecular formula is C15H20N4OS. The Bertz CT molecular complexity index is 581. The van der Waals surface area contributed by atoms with E-state index in [1.165, 1.54) is 18.0 Å². The molecule has 1 atom stereocenters. The smallest absolute Gasteiger partial charge is 0.147 e. The highest BCUT2D eigenvalue weighted by Gasteiger charge is 2.21. The molecule has 21 heavy (non-hydrogen) atoms. The molecule has 2 aromatic rings. The molecule has 2 aromatic heterocycles. The summed E-state index contributed by atoms with van der Waals surface area (Å²) in [4.78, 5) is 6.32. The molecule has 3 rings (SSSR count). The SMILES string of the molecule is CN(CC1CCCOC1)c1snc(N)c1-c1ccncc1. The van der Waals surface area contributed by atoms with Crippen LogP contribution in [0.25, 0.3) is 11.1 Å². The van der Waals surface area contributed by atoms with Gasteiger partial charge in [-0.3, -0.25) is 4.98 Å². The van der Waals surface area contributed by atoms with E-state index in [0.717, 1.165) is 42.3 Å². The molecule has 0 aromatic carbocycles. The fraction of sp³-hybridized carbons (Fsp3) is 0.467. The molecule has 2 N–H and O–H groups in total. The summed E-state index contributed by atoms with van der Waals surface area (Å²) in [5, 5.41) is 1.12. The summed E-state index contributed by atoms with van der Waals surface area (Å²) in [5.74, 6) is 1.17. The summed E-state index contributed by atoms with van der Waals surface area (Å²) in [6, 6.07) is 3.95. The third kappa shape index (κ3) is 3.16. The fourth-order valence-electron chi connectivity index (χ4n) is 2.77. The summed E-state index contributed by atoms with van der Waals surface area (Å²) in [5.41, 5.74) is 8.15. The minimum atomic E-state index is 0.581. The van der Waals surface area contributed by atoms with Gasteiger partial charge in [0.15, 0.2) is 0 Å². The lowest BCUT2D eigenvalue weighted by Crippen LogP contribution is -2.30. The van der Waals surface area contributed by atoms with Crippen molar-refractivity contribution >= 4 is 22.4 Å². The standard InChI is InChI=1S/C15H20N4OS/c1-19(9-11-3-2-8-20-10-11)15-13(14(16)18-21-15)12-4-6-17-7-5-12/h4-7,11H,2-3,8-10H2,1H3,(H2,16,18). The van der Waals surface area contributed by atoms with Crippen molar-refractivity contribution in [1.82, 2.24) is 9.36 Å². The molecule has 1 unspecified atom stereocenters. The van der Waals surface area contributed by atoms with Gasteiger partial charge in [0, 0.05) is 32.6 Å². The molecule has 1 fully saturated rings. The highest BCUT2D eigenvalue weighted by molar-refractivity contribution is 7.11. The summed E-state index contributed by atoms with van der Waals surface area (Å²) in [7, 11) is 2.10. The Labute approximate surface area is 128 Å². The third-order valence-electron chi connectivity index (χ3n) is 3.80. The third-order valence-corrected chi connectivity index (χ3v) is 4.78. The monoisotopic (exact) mass is 304 g/mol. The van der Waals surface area contributed by atoms with Gasteiger partial charge >= 0.3 is 0 Å². The lowest BCUT2D eigenvalue weighted by Gasteiger charge is -2.28. The van der Waals surface area contributed by atoms with E-state index in [1.807, 2.05) is 12.1 Å². The molecular weight excluding hydrogens is 284 g/mol. The number of aromatic nitrogens is 2. The molecule has 0 spiro atoms. The maximum Gasteiger partial charge on any atom is 0.147 e. The van der Waals surface area contributed by atoms with Crippen LogP contribution in [0.5, 0.6) is 0 Å². The van der Waals surface area contributed by atoms with Crippen LogP contribution < -0.4 is 10.6 Å². The Hall–Kier alpha value is -1.66. The van der Waals surface area contributed by atoms with E-state index < -0.39 is 0 Å². The molecule has 0 amide bonds. The first-order valence-electron chi connectivity index (χ1n) is 7.20. The van der Waals surface area contributed by atoms with Crippen molar-refractivity contribution < 1.29 is 4.74 Å².